The van der Waals surface area contributed by atoms with Crippen molar-refractivity contribution >= 4 is 0 Å². The Labute approximate surface area is 96.8 Å². The number of hydrogen-bond donors (Lipinski definition) is 1. The van der Waals surface area contributed by atoms with Gasteiger partial charge in [-0.3, -0.25) is 0 Å². The molecular weight excluding hydrogens is 202 g/mol. The second-order valence-electron chi connectivity index (χ2n) is 4.30. The molecule has 0 saturated carbocycles. The molecule has 1 aliphatic rings. The molecule has 0 spiro atoms. The smallest absolute Gasteiger partial charge is 0.119 e. The van der Waals surface area contributed by atoms with Gasteiger partial charge in [-0.2, -0.15) is 0 Å². The van der Waals surface area contributed by atoms with Gasteiger partial charge in [0.2, 0.25) is 0 Å². The van der Waals surface area contributed by atoms with E-state index in [1.165, 1.54) is 25.9 Å². The van der Waals surface area contributed by atoms with Gasteiger partial charge in [0.1, 0.15) is 11.5 Å². The Bertz CT molecular complexity index is 304. The number of rotatable bonds is 4. The highest BCUT2D eigenvalue weighted by molar-refractivity contribution is 5.31. The molecule has 0 radical (unpaired) electrons. The van der Waals surface area contributed by atoms with Crippen molar-refractivity contribution in [3.8, 4) is 11.5 Å². The summed E-state index contributed by atoms with van der Waals surface area (Å²) in [4.78, 5) is 0. The summed E-state index contributed by atoms with van der Waals surface area (Å²) in [5.41, 5.74) is 0. The lowest BCUT2D eigenvalue weighted by Gasteiger charge is -2.20. The summed E-state index contributed by atoms with van der Waals surface area (Å²) in [5.74, 6) is 2.54. The molecule has 1 aromatic rings. The lowest BCUT2D eigenvalue weighted by Crippen LogP contribution is -2.86. The van der Waals surface area contributed by atoms with Crippen LogP contribution in [0.1, 0.15) is 12.8 Å². The number of hydrogen-bond acceptors (Lipinski definition) is 2. The van der Waals surface area contributed by atoms with Crippen molar-refractivity contribution in [2.45, 2.75) is 12.8 Å². The zero-order valence-electron chi connectivity index (χ0n) is 9.82. The number of benzene rings is 1. The van der Waals surface area contributed by atoms with Gasteiger partial charge in [0, 0.05) is 18.8 Å². The zero-order valence-corrected chi connectivity index (χ0v) is 9.82. The third kappa shape index (κ3) is 3.14. The standard InChI is InChI=1S/C13H19NO2/c1-15-12-2-4-13(5-3-12)16-10-11-6-8-14-9-7-11/h2-5,11,14H,6-10H2,1H3/p+1. The van der Waals surface area contributed by atoms with Crippen molar-refractivity contribution in [1.82, 2.24) is 0 Å². The molecule has 1 aromatic carbocycles. The Balaban J connectivity index is 1.79. The Kier molecular flexibility index (Phi) is 4.05. The van der Waals surface area contributed by atoms with E-state index in [4.69, 9.17) is 9.47 Å². The minimum Gasteiger partial charge on any atom is -0.497 e. The summed E-state index contributed by atoms with van der Waals surface area (Å²) in [6, 6.07) is 7.80. The van der Waals surface area contributed by atoms with Crippen molar-refractivity contribution < 1.29 is 14.8 Å². The molecule has 0 aromatic heterocycles. The van der Waals surface area contributed by atoms with Crippen molar-refractivity contribution in [1.29, 1.82) is 0 Å². The van der Waals surface area contributed by atoms with Crippen LogP contribution in [0.2, 0.25) is 0 Å². The number of piperidine rings is 1. The fourth-order valence-electron chi connectivity index (χ4n) is 2.05. The molecule has 0 unspecified atom stereocenters. The lowest BCUT2D eigenvalue weighted by molar-refractivity contribution is -0.664. The maximum atomic E-state index is 5.78. The summed E-state index contributed by atoms with van der Waals surface area (Å²) in [5, 5.41) is 2.38. The summed E-state index contributed by atoms with van der Waals surface area (Å²) in [6.07, 6.45) is 2.55. The number of ether oxygens (including phenoxy) is 2. The van der Waals surface area contributed by atoms with E-state index in [9.17, 15) is 0 Å². The summed E-state index contributed by atoms with van der Waals surface area (Å²) in [7, 11) is 1.67. The molecule has 0 amide bonds. The van der Waals surface area contributed by atoms with Crippen LogP contribution in [0.3, 0.4) is 0 Å². The molecule has 88 valence electrons. The molecular formula is C13H20NO2+. The highest BCUT2D eigenvalue weighted by Crippen LogP contribution is 2.18. The van der Waals surface area contributed by atoms with Crippen molar-refractivity contribution in [3.05, 3.63) is 24.3 Å². The number of quaternary nitrogens is 1. The van der Waals surface area contributed by atoms with Crippen LogP contribution in [-0.4, -0.2) is 26.8 Å². The van der Waals surface area contributed by atoms with Gasteiger partial charge in [-0.15, -0.1) is 0 Å². The molecule has 1 heterocycles. The van der Waals surface area contributed by atoms with E-state index in [1.807, 2.05) is 24.3 Å². The van der Waals surface area contributed by atoms with E-state index in [-0.39, 0.29) is 0 Å². The topological polar surface area (TPSA) is 35.1 Å². The molecule has 1 aliphatic heterocycles. The van der Waals surface area contributed by atoms with E-state index in [0.29, 0.717) is 0 Å². The van der Waals surface area contributed by atoms with Gasteiger partial charge in [-0.1, -0.05) is 0 Å². The maximum absolute atomic E-state index is 5.78. The van der Waals surface area contributed by atoms with E-state index < -0.39 is 0 Å². The highest BCUT2D eigenvalue weighted by Gasteiger charge is 2.15. The van der Waals surface area contributed by atoms with Crippen LogP contribution < -0.4 is 14.8 Å². The Morgan fingerprint density at radius 2 is 1.75 bits per heavy atom. The van der Waals surface area contributed by atoms with Gasteiger partial charge in [0.15, 0.2) is 0 Å². The van der Waals surface area contributed by atoms with Crippen molar-refractivity contribution in [3.63, 3.8) is 0 Å². The van der Waals surface area contributed by atoms with E-state index in [0.717, 1.165) is 24.0 Å². The van der Waals surface area contributed by atoms with Crippen molar-refractivity contribution in [2.24, 2.45) is 5.92 Å². The first-order valence-electron chi connectivity index (χ1n) is 5.97. The Morgan fingerprint density at radius 1 is 1.12 bits per heavy atom. The quantitative estimate of drug-likeness (QED) is 0.826. The fourth-order valence-corrected chi connectivity index (χ4v) is 2.05. The Morgan fingerprint density at radius 3 is 2.38 bits per heavy atom. The SMILES string of the molecule is COc1ccc(OCC2CC[NH2+]CC2)cc1. The highest BCUT2D eigenvalue weighted by atomic mass is 16.5. The first kappa shape index (κ1) is 11.3. The van der Waals surface area contributed by atoms with Gasteiger partial charge < -0.3 is 14.8 Å². The predicted octanol–water partition coefficient (Wildman–Crippen LogP) is 1.05. The van der Waals surface area contributed by atoms with Gasteiger partial charge in [-0.25, -0.2) is 0 Å². The molecule has 3 heteroatoms. The average molecular weight is 222 g/mol. The minimum atomic E-state index is 0.729. The van der Waals surface area contributed by atoms with Crippen LogP contribution in [0, 0.1) is 5.92 Å². The largest absolute Gasteiger partial charge is 0.497 e. The van der Waals surface area contributed by atoms with Crippen LogP contribution in [0.15, 0.2) is 24.3 Å². The summed E-state index contributed by atoms with van der Waals surface area (Å²) >= 11 is 0. The first-order chi connectivity index (χ1) is 7.88. The van der Waals surface area contributed by atoms with Crippen molar-refractivity contribution in [2.75, 3.05) is 26.8 Å². The van der Waals surface area contributed by atoms with Crippen LogP contribution >= 0.6 is 0 Å². The molecule has 2 N–H and O–H groups in total. The van der Waals surface area contributed by atoms with Crippen LogP contribution in [-0.2, 0) is 0 Å². The zero-order chi connectivity index (χ0) is 11.2. The Hall–Kier alpha value is -1.22. The van der Waals surface area contributed by atoms with Crippen LogP contribution in [0.5, 0.6) is 11.5 Å². The minimum absolute atomic E-state index is 0.729. The summed E-state index contributed by atoms with van der Waals surface area (Å²) < 4.78 is 10.9. The molecule has 0 atom stereocenters. The number of methoxy groups -OCH3 is 1. The molecule has 0 bridgehead atoms. The van der Waals surface area contributed by atoms with E-state index in [1.54, 1.807) is 7.11 Å². The first-order valence-corrected chi connectivity index (χ1v) is 5.97. The fraction of sp³-hybridized carbons (Fsp3) is 0.538. The third-order valence-electron chi connectivity index (χ3n) is 3.10. The summed E-state index contributed by atoms with van der Waals surface area (Å²) in [6.45, 7) is 3.34. The number of nitrogens with two attached hydrogens (primary N) is 1. The van der Waals surface area contributed by atoms with Gasteiger partial charge >= 0.3 is 0 Å². The van der Waals surface area contributed by atoms with Gasteiger partial charge in [0.25, 0.3) is 0 Å². The molecule has 0 aliphatic carbocycles. The lowest BCUT2D eigenvalue weighted by atomic mass is 9.99. The average Bonchev–Trinajstić information content (AvgIpc) is 2.38. The molecule has 3 nitrogen and oxygen atoms in total. The van der Waals surface area contributed by atoms with E-state index in [2.05, 4.69) is 5.32 Å². The normalized spacial score (nSPS) is 17.1. The van der Waals surface area contributed by atoms with Crippen LogP contribution in [0.4, 0.5) is 0 Å². The molecule has 1 saturated heterocycles. The molecule has 1 fully saturated rings. The van der Waals surface area contributed by atoms with Crippen LogP contribution in [0.25, 0.3) is 0 Å². The van der Waals surface area contributed by atoms with E-state index >= 15 is 0 Å². The van der Waals surface area contributed by atoms with Gasteiger partial charge in [-0.05, 0) is 24.3 Å². The predicted molar refractivity (Wildman–Crippen MR) is 62.9 cm³/mol. The monoisotopic (exact) mass is 222 g/mol. The molecule has 16 heavy (non-hydrogen) atoms. The second kappa shape index (κ2) is 5.75. The molecule has 2 rings (SSSR count). The second-order valence-corrected chi connectivity index (χ2v) is 4.30. The third-order valence-corrected chi connectivity index (χ3v) is 3.10. The maximum Gasteiger partial charge on any atom is 0.119 e. The van der Waals surface area contributed by atoms with Gasteiger partial charge in [0.05, 0.1) is 26.8 Å².